The number of likely N-dealkylation sites (N-methyl/N-ethyl adjacent to an activating group) is 1. The highest BCUT2D eigenvalue weighted by molar-refractivity contribution is 9.10. The fraction of sp³-hybridized carbons (Fsp3) is 0.500. The van der Waals surface area contributed by atoms with E-state index >= 15 is 0 Å². The molecule has 0 spiro atoms. The van der Waals surface area contributed by atoms with Gasteiger partial charge in [-0.25, -0.2) is 9.69 Å². The van der Waals surface area contributed by atoms with Crippen molar-refractivity contribution < 1.29 is 0 Å². The molecular weight excluding hydrogens is 310 g/mol. The maximum Gasteiger partial charge on any atom is 0.283 e. The second kappa shape index (κ2) is 6.31. The van der Waals surface area contributed by atoms with Crippen molar-refractivity contribution >= 4 is 21.6 Å². The molecular formula is C12H18BrN5O. The number of hydrogen-bond acceptors (Lipinski definition) is 5. The van der Waals surface area contributed by atoms with Crippen LogP contribution in [0.2, 0.25) is 0 Å². The molecule has 0 atom stereocenters. The second-order valence-electron chi connectivity index (χ2n) is 4.55. The molecule has 1 N–H and O–H groups in total. The molecule has 2 rings (SSSR count). The van der Waals surface area contributed by atoms with Gasteiger partial charge in [0.05, 0.1) is 18.4 Å². The van der Waals surface area contributed by atoms with Gasteiger partial charge in [0.15, 0.2) is 0 Å². The van der Waals surface area contributed by atoms with Gasteiger partial charge in [0.1, 0.15) is 4.47 Å². The predicted molar refractivity (Wildman–Crippen MR) is 79.1 cm³/mol. The van der Waals surface area contributed by atoms with Crippen molar-refractivity contribution in [3.63, 3.8) is 0 Å². The van der Waals surface area contributed by atoms with E-state index in [1.807, 2.05) is 0 Å². The monoisotopic (exact) mass is 327 g/mol. The molecule has 0 amide bonds. The van der Waals surface area contributed by atoms with Crippen LogP contribution >= 0.6 is 15.9 Å². The summed E-state index contributed by atoms with van der Waals surface area (Å²) in [5.74, 6) is 0. The van der Waals surface area contributed by atoms with Crippen LogP contribution < -0.4 is 11.0 Å². The van der Waals surface area contributed by atoms with Crippen LogP contribution in [-0.2, 0) is 6.54 Å². The van der Waals surface area contributed by atoms with Crippen LogP contribution in [0.15, 0.2) is 28.1 Å². The Labute approximate surface area is 120 Å². The van der Waals surface area contributed by atoms with Crippen molar-refractivity contribution in [2.75, 3.05) is 38.7 Å². The van der Waals surface area contributed by atoms with Crippen molar-refractivity contribution in [3.8, 4) is 0 Å². The first kappa shape index (κ1) is 14.2. The van der Waals surface area contributed by atoms with E-state index < -0.39 is 0 Å². The van der Waals surface area contributed by atoms with E-state index in [4.69, 9.17) is 0 Å². The standard InChI is InChI=1S/C12H18BrN5O/c1-3-4-18-12(19)11(13)10(9-14-18)15-17-7-5-16(2)6-8-17/h3,9,15H,1,4-8H2,2H3. The summed E-state index contributed by atoms with van der Waals surface area (Å²) in [7, 11) is 2.10. The molecule has 1 saturated heterocycles. The Balaban J connectivity index is 2.11. The van der Waals surface area contributed by atoms with Gasteiger partial charge in [0, 0.05) is 26.2 Å². The quantitative estimate of drug-likeness (QED) is 0.828. The van der Waals surface area contributed by atoms with Gasteiger partial charge in [-0.3, -0.25) is 4.79 Å². The van der Waals surface area contributed by atoms with E-state index in [2.05, 4.69) is 50.0 Å². The third kappa shape index (κ3) is 3.43. The Bertz CT molecular complexity index is 507. The van der Waals surface area contributed by atoms with Crippen molar-refractivity contribution in [1.29, 1.82) is 0 Å². The summed E-state index contributed by atoms with van der Waals surface area (Å²) in [6.07, 6.45) is 3.31. The first-order valence-electron chi connectivity index (χ1n) is 6.18. The summed E-state index contributed by atoms with van der Waals surface area (Å²) in [5, 5.41) is 6.21. The number of hydrogen-bond donors (Lipinski definition) is 1. The average Bonchev–Trinajstić information content (AvgIpc) is 2.41. The topological polar surface area (TPSA) is 53.4 Å². The normalized spacial score (nSPS) is 17.4. The molecule has 0 aliphatic carbocycles. The summed E-state index contributed by atoms with van der Waals surface area (Å²) in [6.45, 7) is 7.86. The van der Waals surface area contributed by atoms with Crippen LogP contribution in [0.3, 0.4) is 0 Å². The molecule has 2 heterocycles. The Hall–Kier alpha value is -1.18. The Morgan fingerprint density at radius 3 is 2.79 bits per heavy atom. The van der Waals surface area contributed by atoms with E-state index in [1.54, 1.807) is 12.3 Å². The van der Waals surface area contributed by atoms with Crippen LogP contribution in [-0.4, -0.2) is 52.9 Å². The average molecular weight is 328 g/mol. The van der Waals surface area contributed by atoms with Gasteiger partial charge in [-0.2, -0.15) is 5.10 Å². The van der Waals surface area contributed by atoms with Crippen LogP contribution in [0.5, 0.6) is 0 Å². The number of aromatic nitrogens is 2. The molecule has 0 unspecified atom stereocenters. The van der Waals surface area contributed by atoms with Gasteiger partial charge in [0.25, 0.3) is 5.56 Å². The summed E-state index contributed by atoms with van der Waals surface area (Å²) >= 11 is 3.33. The zero-order valence-corrected chi connectivity index (χ0v) is 12.6. The molecule has 0 bridgehead atoms. The third-order valence-corrected chi connectivity index (χ3v) is 3.84. The Kier molecular flexibility index (Phi) is 4.73. The van der Waals surface area contributed by atoms with Crippen LogP contribution in [0.4, 0.5) is 5.69 Å². The van der Waals surface area contributed by atoms with Gasteiger partial charge >= 0.3 is 0 Å². The van der Waals surface area contributed by atoms with Crippen LogP contribution in [0, 0.1) is 0 Å². The number of hydrazine groups is 1. The van der Waals surface area contributed by atoms with Gasteiger partial charge in [-0.1, -0.05) is 6.08 Å². The first-order chi connectivity index (χ1) is 9.11. The number of nitrogens with one attached hydrogen (secondary N) is 1. The lowest BCUT2D eigenvalue weighted by atomic mass is 10.4. The number of rotatable bonds is 4. The molecule has 0 aromatic carbocycles. The van der Waals surface area contributed by atoms with E-state index in [9.17, 15) is 4.79 Å². The summed E-state index contributed by atoms with van der Waals surface area (Å²) < 4.78 is 1.87. The fourth-order valence-corrected chi connectivity index (χ4v) is 2.28. The van der Waals surface area contributed by atoms with E-state index in [-0.39, 0.29) is 5.56 Å². The number of piperazine rings is 1. The predicted octanol–water partition coefficient (Wildman–Crippen LogP) is 0.766. The van der Waals surface area contributed by atoms with E-state index in [0.29, 0.717) is 16.7 Å². The zero-order chi connectivity index (χ0) is 13.8. The fourth-order valence-electron chi connectivity index (χ4n) is 1.88. The minimum absolute atomic E-state index is 0.154. The highest BCUT2D eigenvalue weighted by atomic mass is 79.9. The van der Waals surface area contributed by atoms with Crippen LogP contribution in [0.25, 0.3) is 0 Å². The molecule has 1 aliphatic rings. The van der Waals surface area contributed by atoms with E-state index in [0.717, 1.165) is 26.2 Å². The highest BCUT2D eigenvalue weighted by Crippen LogP contribution is 2.17. The van der Waals surface area contributed by atoms with E-state index in [1.165, 1.54) is 4.68 Å². The molecule has 1 aromatic heterocycles. The largest absolute Gasteiger partial charge is 0.316 e. The lowest BCUT2D eigenvalue weighted by molar-refractivity contribution is 0.179. The smallest absolute Gasteiger partial charge is 0.283 e. The lowest BCUT2D eigenvalue weighted by Crippen LogP contribution is -2.47. The van der Waals surface area contributed by atoms with Gasteiger partial charge in [-0.05, 0) is 23.0 Å². The number of allylic oxidation sites excluding steroid dienone is 1. The maximum atomic E-state index is 12.0. The maximum absolute atomic E-state index is 12.0. The Morgan fingerprint density at radius 2 is 2.16 bits per heavy atom. The minimum atomic E-state index is -0.154. The SMILES string of the molecule is C=CCn1ncc(NN2CCN(C)CC2)c(Br)c1=O. The molecule has 19 heavy (non-hydrogen) atoms. The van der Waals surface area contributed by atoms with Crippen LogP contribution in [0.1, 0.15) is 0 Å². The first-order valence-corrected chi connectivity index (χ1v) is 6.98. The Morgan fingerprint density at radius 1 is 1.47 bits per heavy atom. The highest BCUT2D eigenvalue weighted by Gasteiger charge is 2.16. The third-order valence-electron chi connectivity index (χ3n) is 3.07. The molecule has 7 heteroatoms. The molecule has 1 fully saturated rings. The lowest BCUT2D eigenvalue weighted by Gasteiger charge is -2.33. The molecule has 0 saturated carbocycles. The number of halogens is 1. The minimum Gasteiger partial charge on any atom is -0.316 e. The zero-order valence-electron chi connectivity index (χ0n) is 11.0. The molecule has 0 radical (unpaired) electrons. The van der Waals surface area contributed by atoms with Crippen molar-refractivity contribution in [3.05, 3.63) is 33.7 Å². The molecule has 104 valence electrons. The van der Waals surface area contributed by atoms with Gasteiger partial charge < -0.3 is 10.3 Å². The molecule has 1 aliphatic heterocycles. The number of anilines is 1. The number of nitrogens with zero attached hydrogens (tertiary/aromatic N) is 4. The van der Waals surface area contributed by atoms with Gasteiger partial charge in [-0.15, -0.1) is 6.58 Å². The summed E-state index contributed by atoms with van der Waals surface area (Å²) in [4.78, 5) is 14.3. The summed E-state index contributed by atoms with van der Waals surface area (Å²) in [5.41, 5.74) is 3.79. The van der Waals surface area contributed by atoms with Crippen molar-refractivity contribution in [2.24, 2.45) is 0 Å². The second-order valence-corrected chi connectivity index (χ2v) is 5.34. The van der Waals surface area contributed by atoms with Crippen molar-refractivity contribution in [2.45, 2.75) is 6.54 Å². The van der Waals surface area contributed by atoms with Crippen molar-refractivity contribution in [1.82, 2.24) is 19.7 Å². The molecule has 6 nitrogen and oxygen atoms in total. The summed E-state index contributed by atoms with van der Waals surface area (Å²) in [6, 6.07) is 0. The molecule has 1 aromatic rings. The van der Waals surface area contributed by atoms with Gasteiger partial charge in [0.2, 0.25) is 0 Å².